The van der Waals surface area contributed by atoms with Crippen molar-refractivity contribution in [2.24, 2.45) is 0 Å². The van der Waals surface area contributed by atoms with Gasteiger partial charge < -0.3 is 5.32 Å². The zero-order valence-corrected chi connectivity index (χ0v) is 12.1. The van der Waals surface area contributed by atoms with E-state index in [1.807, 2.05) is 18.2 Å². The lowest BCUT2D eigenvalue weighted by Gasteiger charge is -2.07. The summed E-state index contributed by atoms with van der Waals surface area (Å²) in [7, 11) is 0. The number of benzene rings is 2. The number of aromatic nitrogens is 1. The first-order valence-corrected chi connectivity index (χ1v) is 7.08. The highest BCUT2D eigenvalue weighted by Crippen LogP contribution is 2.16. The number of nitrogens with one attached hydrogen (secondary N) is 1. The summed E-state index contributed by atoms with van der Waals surface area (Å²) >= 11 is 5.77. The first-order chi connectivity index (χ1) is 10.2. The quantitative estimate of drug-likeness (QED) is 0.776. The lowest BCUT2D eigenvalue weighted by molar-refractivity contribution is 0.625. The van der Waals surface area contributed by atoms with E-state index >= 15 is 0 Å². The molecule has 2 aromatic carbocycles. The molecule has 1 aromatic heterocycles. The Labute approximate surface area is 127 Å². The van der Waals surface area contributed by atoms with E-state index in [0.29, 0.717) is 6.54 Å². The normalized spacial score (nSPS) is 11.0. The minimum absolute atomic E-state index is 0.158. The van der Waals surface area contributed by atoms with E-state index in [4.69, 9.17) is 11.6 Å². The molecule has 4 heteroatoms. The molecule has 0 aliphatic rings. The van der Waals surface area contributed by atoms with Crippen molar-refractivity contribution >= 4 is 22.5 Å². The van der Waals surface area contributed by atoms with E-state index in [-0.39, 0.29) is 10.8 Å². The molecule has 3 rings (SSSR count). The molecule has 0 saturated carbocycles. The summed E-state index contributed by atoms with van der Waals surface area (Å²) in [4.78, 5) is 4.30. The Bertz CT molecular complexity index is 774. The van der Waals surface area contributed by atoms with Crippen molar-refractivity contribution in [1.29, 1.82) is 0 Å². The molecule has 0 aliphatic heterocycles. The second kappa shape index (κ2) is 6.20. The highest BCUT2D eigenvalue weighted by atomic mass is 35.5. The van der Waals surface area contributed by atoms with E-state index in [1.165, 1.54) is 11.6 Å². The number of halogens is 2. The number of hydrogen-bond donors (Lipinski definition) is 1. The lowest BCUT2D eigenvalue weighted by Crippen LogP contribution is -2.12. The van der Waals surface area contributed by atoms with Gasteiger partial charge in [-0.1, -0.05) is 29.8 Å². The van der Waals surface area contributed by atoms with Gasteiger partial charge in [0.2, 0.25) is 0 Å². The van der Waals surface area contributed by atoms with Crippen LogP contribution in [0.1, 0.15) is 11.1 Å². The van der Waals surface area contributed by atoms with Crippen molar-refractivity contribution in [2.45, 2.75) is 13.1 Å². The van der Waals surface area contributed by atoms with Gasteiger partial charge in [0.1, 0.15) is 5.82 Å². The Balaban J connectivity index is 1.64. The van der Waals surface area contributed by atoms with Crippen LogP contribution < -0.4 is 5.32 Å². The fourth-order valence-electron chi connectivity index (χ4n) is 2.24. The van der Waals surface area contributed by atoms with Crippen molar-refractivity contribution in [3.05, 3.63) is 76.7 Å². The fourth-order valence-corrected chi connectivity index (χ4v) is 2.44. The minimum Gasteiger partial charge on any atom is -0.309 e. The van der Waals surface area contributed by atoms with Crippen LogP contribution in [0.4, 0.5) is 4.39 Å². The molecule has 0 radical (unpaired) electrons. The Morgan fingerprint density at radius 2 is 1.76 bits per heavy atom. The third-order valence-electron chi connectivity index (χ3n) is 3.31. The third-order valence-corrected chi connectivity index (χ3v) is 3.60. The molecule has 106 valence electrons. The predicted octanol–water partition coefficient (Wildman–Crippen LogP) is 4.32. The van der Waals surface area contributed by atoms with Crippen LogP contribution in [-0.4, -0.2) is 4.98 Å². The van der Waals surface area contributed by atoms with Gasteiger partial charge in [-0.05, 0) is 41.5 Å². The summed E-state index contributed by atoms with van der Waals surface area (Å²) in [6, 6.07) is 14.9. The number of pyridine rings is 1. The van der Waals surface area contributed by atoms with Gasteiger partial charge in [-0.2, -0.15) is 0 Å². The first-order valence-electron chi connectivity index (χ1n) is 6.71. The van der Waals surface area contributed by atoms with Gasteiger partial charge in [0.05, 0.1) is 10.5 Å². The smallest absolute Gasteiger partial charge is 0.141 e. The molecule has 0 fully saturated rings. The van der Waals surface area contributed by atoms with Crippen LogP contribution >= 0.6 is 11.6 Å². The number of hydrogen-bond acceptors (Lipinski definition) is 2. The zero-order chi connectivity index (χ0) is 14.7. The molecule has 0 spiro atoms. The van der Waals surface area contributed by atoms with Crippen LogP contribution in [0.25, 0.3) is 10.9 Å². The Kier molecular flexibility index (Phi) is 4.13. The molecule has 0 atom stereocenters. The second-order valence-electron chi connectivity index (χ2n) is 4.88. The summed E-state index contributed by atoms with van der Waals surface area (Å²) in [6.07, 6.45) is 1.79. The van der Waals surface area contributed by atoms with Crippen molar-refractivity contribution in [1.82, 2.24) is 10.3 Å². The van der Waals surface area contributed by atoms with E-state index in [9.17, 15) is 4.39 Å². The van der Waals surface area contributed by atoms with Crippen LogP contribution in [0.15, 0.2) is 54.7 Å². The molecule has 3 aromatic rings. The Morgan fingerprint density at radius 3 is 2.57 bits per heavy atom. The SMILES string of the molecule is Fc1ccc(CNCc2ccc3ncccc3c2)cc1Cl. The second-order valence-corrected chi connectivity index (χ2v) is 5.29. The van der Waals surface area contributed by atoms with Gasteiger partial charge in [-0.3, -0.25) is 4.98 Å². The molecule has 21 heavy (non-hydrogen) atoms. The molecule has 0 saturated heterocycles. The predicted molar refractivity (Wildman–Crippen MR) is 83.7 cm³/mol. The molecule has 2 nitrogen and oxygen atoms in total. The van der Waals surface area contributed by atoms with Gasteiger partial charge in [-0.25, -0.2) is 4.39 Å². The van der Waals surface area contributed by atoms with Crippen LogP contribution in [0.2, 0.25) is 5.02 Å². The molecular formula is C17H14ClFN2. The fraction of sp³-hybridized carbons (Fsp3) is 0.118. The van der Waals surface area contributed by atoms with Crippen molar-refractivity contribution < 1.29 is 4.39 Å². The van der Waals surface area contributed by atoms with Gasteiger partial charge in [-0.15, -0.1) is 0 Å². The number of rotatable bonds is 4. The van der Waals surface area contributed by atoms with Crippen LogP contribution in [0.5, 0.6) is 0 Å². The molecule has 0 amide bonds. The third kappa shape index (κ3) is 3.38. The van der Waals surface area contributed by atoms with E-state index < -0.39 is 0 Å². The van der Waals surface area contributed by atoms with Gasteiger partial charge in [0.15, 0.2) is 0 Å². The van der Waals surface area contributed by atoms with Crippen molar-refractivity contribution in [2.75, 3.05) is 0 Å². The summed E-state index contributed by atoms with van der Waals surface area (Å²) in [6.45, 7) is 1.38. The van der Waals surface area contributed by atoms with Crippen LogP contribution in [0.3, 0.4) is 0 Å². The van der Waals surface area contributed by atoms with Crippen molar-refractivity contribution in [3.8, 4) is 0 Å². The van der Waals surface area contributed by atoms with Gasteiger partial charge in [0, 0.05) is 24.7 Å². The highest BCUT2D eigenvalue weighted by molar-refractivity contribution is 6.30. The highest BCUT2D eigenvalue weighted by Gasteiger charge is 2.01. The van der Waals surface area contributed by atoms with E-state index in [1.54, 1.807) is 18.3 Å². The molecule has 1 heterocycles. The van der Waals surface area contributed by atoms with E-state index in [2.05, 4.69) is 22.4 Å². The molecular weight excluding hydrogens is 287 g/mol. The van der Waals surface area contributed by atoms with E-state index in [0.717, 1.165) is 23.0 Å². The van der Waals surface area contributed by atoms with Crippen LogP contribution in [-0.2, 0) is 13.1 Å². The number of nitrogens with zero attached hydrogens (tertiary/aromatic N) is 1. The standard InChI is InChI=1S/C17H14ClFN2/c18-15-9-13(3-5-16(15)19)11-20-10-12-4-6-17-14(8-12)2-1-7-21-17/h1-9,20H,10-11H2. The maximum atomic E-state index is 13.1. The number of fused-ring (bicyclic) bond motifs is 1. The Hall–Kier alpha value is -1.97. The van der Waals surface area contributed by atoms with Crippen LogP contribution in [0, 0.1) is 5.82 Å². The zero-order valence-electron chi connectivity index (χ0n) is 11.3. The maximum Gasteiger partial charge on any atom is 0.141 e. The summed E-state index contributed by atoms with van der Waals surface area (Å²) in [5, 5.41) is 4.61. The summed E-state index contributed by atoms with van der Waals surface area (Å²) in [5.74, 6) is -0.387. The Morgan fingerprint density at radius 1 is 1.00 bits per heavy atom. The molecule has 0 bridgehead atoms. The van der Waals surface area contributed by atoms with Gasteiger partial charge >= 0.3 is 0 Å². The summed E-state index contributed by atoms with van der Waals surface area (Å²) in [5.41, 5.74) is 3.14. The topological polar surface area (TPSA) is 24.9 Å². The minimum atomic E-state index is -0.387. The van der Waals surface area contributed by atoms with Crippen molar-refractivity contribution in [3.63, 3.8) is 0 Å². The summed E-state index contributed by atoms with van der Waals surface area (Å²) < 4.78 is 13.1. The van der Waals surface area contributed by atoms with Gasteiger partial charge in [0.25, 0.3) is 0 Å². The lowest BCUT2D eigenvalue weighted by atomic mass is 10.1. The first kappa shape index (κ1) is 14.0. The molecule has 0 unspecified atom stereocenters. The molecule has 1 N–H and O–H groups in total. The average molecular weight is 301 g/mol. The maximum absolute atomic E-state index is 13.1. The average Bonchev–Trinajstić information content (AvgIpc) is 2.51. The largest absolute Gasteiger partial charge is 0.309 e. The molecule has 0 aliphatic carbocycles. The monoisotopic (exact) mass is 300 g/mol.